The molecule has 0 atom stereocenters. The predicted molar refractivity (Wildman–Crippen MR) is 86.7 cm³/mol. The summed E-state index contributed by atoms with van der Waals surface area (Å²) in [6.45, 7) is 3.53. The Bertz CT molecular complexity index is 990. The van der Waals surface area contributed by atoms with E-state index < -0.39 is 27.4 Å². The van der Waals surface area contributed by atoms with E-state index in [1.807, 2.05) is 0 Å². The van der Waals surface area contributed by atoms with Crippen LogP contribution in [-0.4, -0.2) is 14.3 Å². The van der Waals surface area contributed by atoms with E-state index in [-0.39, 0.29) is 21.7 Å². The summed E-state index contributed by atoms with van der Waals surface area (Å²) >= 11 is 0. The van der Waals surface area contributed by atoms with E-state index in [1.54, 1.807) is 6.07 Å². The quantitative estimate of drug-likeness (QED) is 0.866. The number of halogens is 2. The van der Waals surface area contributed by atoms with Gasteiger partial charge in [-0.25, -0.2) is 17.2 Å². The van der Waals surface area contributed by atoms with Gasteiger partial charge in [-0.15, -0.1) is 0 Å². The number of hydrogen-bond donors (Lipinski definition) is 1. The molecular formula is C17H11F2NO3S. The fourth-order valence-corrected chi connectivity index (χ4v) is 3.53. The summed E-state index contributed by atoms with van der Waals surface area (Å²) < 4.78 is 50.1. The molecule has 0 aliphatic carbocycles. The number of sulfone groups is 1. The first-order valence-corrected chi connectivity index (χ1v) is 8.35. The van der Waals surface area contributed by atoms with Gasteiger partial charge >= 0.3 is 0 Å². The van der Waals surface area contributed by atoms with Crippen LogP contribution < -0.4 is 5.32 Å². The maximum absolute atomic E-state index is 13.2. The zero-order valence-corrected chi connectivity index (χ0v) is 13.0. The standard InChI is InChI=1S/C17H11F2NO3S/c1-10(12-6-13(18)8-14(19)7-12)17(21)20-15-3-2-11-4-5-24(22,23)16(11)9-15/h2-9H,1H2,(H,20,21). The number of fused-ring (bicyclic) bond motifs is 1. The highest BCUT2D eigenvalue weighted by molar-refractivity contribution is 7.94. The molecule has 7 heteroatoms. The van der Waals surface area contributed by atoms with Crippen molar-refractivity contribution >= 4 is 33.1 Å². The van der Waals surface area contributed by atoms with E-state index >= 15 is 0 Å². The summed E-state index contributed by atoms with van der Waals surface area (Å²) in [5.41, 5.74) is 0.624. The summed E-state index contributed by atoms with van der Waals surface area (Å²) in [5, 5.41) is 3.55. The average Bonchev–Trinajstić information content (AvgIpc) is 2.81. The maximum Gasteiger partial charge on any atom is 0.255 e. The minimum Gasteiger partial charge on any atom is -0.322 e. The molecule has 2 aromatic rings. The van der Waals surface area contributed by atoms with Crippen molar-refractivity contribution in [3.63, 3.8) is 0 Å². The van der Waals surface area contributed by atoms with Crippen LogP contribution in [0.2, 0.25) is 0 Å². The fourth-order valence-electron chi connectivity index (χ4n) is 2.30. The van der Waals surface area contributed by atoms with Gasteiger partial charge in [0.2, 0.25) is 9.84 Å². The number of anilines is 1. The molecule has 1 aliphatic rings. The van der Waals surface area contributed by atoms with Gasteiger partial charge in [0, 0.05) is 22.7 Å². The number of hydrogen-bond acceptors (Lipinski definition) is 3. The Morgan fingerprint density at radius 3 is 2.38 bits per heavy atom. The first kappa shape index (κ1) is 16.1. The van der Waals surface area contributed by atoms with Crippen molar-refractivity contribution in [3.8, 4) is 0 Å². The first-order valence-electron chi connectivity index (χ1n) is 6.80. The molecule has 0 unspecified atom stereocenters. The lowest BCUT2D eigenvalue weighted by Crippen LogP contribution is -2.13. The molecule has 0 aromatic heterocycles. The number of nitrogens with one attached hydrogen (secondary N) is 1. The van der Waals surface area contributed by atoms with Crippen molar-refractivity contribution < 1.29 is 22.0 Å². The normalized spacial score (nSPS) is 14.2. The van der Waals surface area contributed by atoms with Crippen LogP contribution in [0.15, 0.2) is 53.3 Å². The van der Waals surface area contributed by atoms with Crippen LogP contribution >= 0.6 is 0 Å². The van der Waals surface area contributed by atoms with Gasteiger partial charge in [-0.05, 0) is 41.5 Å². The van der Waals surface area contributed by atoms with E-state index in [4.69, 9.17) is 0 Å². The molecule has 122 valence electrons. The fraction of sp³-hybridized carbons (Fsp3) is 0. The Hall–Kier alpha value is -2.80. The second kappa shape index (κ2) is 5.68. The van der Waals surface area contributed by atoms with Crippen molar-refractivity contribution in [1.82, 2.24) is 0 Å². The molecule has 0 bridgehead atoms. The van der Waals surface area contributed by atoms with Crippen LogP contribution in [0.3, 0.4) is 0 Å². The second-order valence-corrected chi connectivity index (χ2v) is 6.99. The lowest BCUT2D eigenvalue weighted by Gasteiger charge is -2.09. The van der Waals surface area contributed by atoms with E-state index in [9.17, 15) is 22.0 Å². The molecule has 1 aliphatic heterocycles. The van der Waals surface area contributed by atoms with Crippen LogP contribution in [0.25, 0.3) is 11.6 Å². The molecule has 0 radical (unpaired) electrons. The van der Waals surface area contributed by atoms with Gasteiger partial charge in [0.25, 0.3) is 5.91 Å². The molecule has 0 saturated carbocycles. The minimum atomic E-state index is -3.50. The molecular weight excluding hydrogens is 336 g/mol. The molecule has 3 rings (SSSR count). The van der Waals surface area contributed by atoms with Gasteiger partial charge < -0.3 is 5.32 Å². The highest BCUT2D eigenvalue weighted by atomic mass is 32.2. The van der Waals surface area contributed by atoms with Gasteiger partial charge in [-0.1, -0.05) is 12.6 Å². The molecule has 1 heterocycles. The molecule has 24 heavy (non-hydrogen) atoms. The average molecular weight is 347 g/mol. The van der Waals surface area contributed by atoms with Gasteiger partial charge in [-0.3, -0.25) is 4.79 Å². The molecule has 0 spiro atoms. The topological polar surface area (TPSA) is 63.2 Å². The minimum absolute atomic E-state index is 0.000415. The van der Waals surface area contributed by atoms with Gasteiger partial charge in [0.15, 0.2) is 0 Å². The largest absolute Gasteiger partial charge is 0.322 e. The lowest BCUT2D eigenvalue weighted by molar-refractivity contribution is -0.111. The highest BCUT2D eigenvalue weighted by Crippen LogP contribution is 2.29. The van der Waals surface area contributed by atoms with Gasteiger partial charge in [-0.2, -0.15) is 0 Å². The van der Waals surface area contributed by atoms with Gasteiger partial charge in [0.1, 0.15) is 11.6 Å². The van der Waals surface area contributed by atoms with Crippen LogP contribution in [-0.2, 0) is 14.6 Å². The summed E-state index contributed by atoms with van der Waals surface area (Å²) in [6, 6.07) is 7.07. The van der Waals surface area contributed by atoms with E-state index in [2.05, 4.69) is 11.9 Å². The van der Waals surface area contributed by atoms with Crippen LogP contribution in [0, 0.1) is 11.6 Å². The van der Waals surface area contributed by atoms with Gasteiger partial charge in [0.05, 0.1) is 4.90 Å². The Kier molecular flexibility index (Phi) is 3.81. The van der Waals surface area contributed by atoms with Crippen molar-refractivity contribution in [2.45, 2.75) is 4.90 Å². The summed E-state index contributed by atoms with van der Waals surface area (Å²) in [5.74, 6) is -2.34. The maximum atomic E-state index is 13.2. The number of carbonyl (C=O) groups is 1. The summed E-state index contributed by atoms with van der Waals surface area (Å²) in [4.78, 5) is 12.3. The monoisotopic (exact) mass is 347 g/mol. The van der Waals surface area contributed by atoms with E-state index in [0.717, 1.165) is 17.5 Å². The zero-order chi connectivity index (χ0) is 17.5. The van der Waals surface area contributed by atoms with Crippen LogP contribution in [0.1, 0.15) is 11.1 Å². The number of benzene rings is 2. The third kappa shape index (κ3) is 2.98. The molecule has 2 aromatic carbocycles. The SMILES string of the molecule is C=C(C(=O)Nc1ccc2c(c1)S(=O)(=O)C=C2)c1cc(F)cc(F)c1. The van der Waals surface area contributed by atoms with Crippen molar-refractivity contribution in [1.29, 1.82) is 0 Å². The Labute approximate surface area is 137 Å². The Morgan fingerprint density at radius 1 is 1.04 bits per heavy atom. The first-order chi connectivity index (χ1) is 11.3. The van der Waals surface area contributed by atoms with E-state index in [1.165, 1.54) is 18.2 Å². The summed E-state index contributed by atoms with van der Waals surface area (Å²) in [7, 11) is -3.50. The smallest absolute Gasteiger partial charge is 0.255 e. The lowest BCUT2D eigenvalue weighted by atomic mass is 10.1. The summed E-state index contributed by atoms with van der Waals surface area (Å²) in [6.07, 6.45) is 1.46. The molecule has 1 amide bonds. The highest BCUT2D eigenvalue weighted by Gasteiger charge is 2.21. The zero-order valence-electron chi connectivity index (χ0n) is 12.2. The number of rotatable bonds is 3. The molecule has 4 nitrogen and oxygen atoms in total. The third-order valence-electron chi connectivity index (χ3n) is 3.49. The van der Waals surface area contributed by atoms with E-state index in [0.29, 0.717) is 11.6 Å². The van der Waals surface area contributed by atoms with Crippen molar-refractivity contribution in [2.24, 2.45) is 0 Å². The van der Waals surface area contributed by atoms with Crippen LogP contribution in [0.4, 0.5) is 14.5 Å². The Balaban J connectivity index is 1.84. The number of amides is 1. The Morgan fingerprint density at radius 2 is 1.71 bits per heavy atom. The van der Waals surface area contributed by atoms with Crippen molar-refractivity contribution in [2.75, 3.05) is 5.32 Å². The van der Waals surface area contributed by atoms with Crippen molar-refractivity contribution in [3.05, 3.63) is 71.1 Å². The molecule has 0 saturated heterocycles. The molecule has 1 N–H and O–H groups in total. The second-order valence-electron chi connectivity index (χ2n) is 5.19. The molecule has 0 fully saturated rings. The number of carbonyl (C=O) groups excluding carboxylic acids is 1. The predicted octanol–water partition coefficient (Wildman–Crippen LogP) is 3.37. The third-order valence-corrected chi connectivity index (χ3v) is 4.95. The van der Waals surface area contributed by atoms with Crippen LogP contribution in [0.5, 0.6) is 0 Å².